The highest BCUT2D eigenvalue weighted by molar-refractivity contribution is 7.12. The van der Waals surface area contributed by atoms with Crippen molar-refractivity contribution in [3.8, 4) is 11.3 Å². The van der Waals surface area contributed by atoms with Crippen LogP contribution in [0.3, 0.4) is 0 Å². The maximum Gasteiger partial charge on any atom is 0.303 e. The van der Waals surface area contributed by atoms with Crippen molar-refractivity contribution in [1.82, 2.24) is 4.98 Å². The molecule has 0 bridgehead atoms. The Morgan fingerprint density at radius 3 is 2.46 bits per heavy atom. The molecule has 0 unspecified atom stereocenters. The smallest absolute Gasteiger partial charge is 0.303 e. The average molecular weight is 374 g/mol. The minimum absolute atomic E-state index is 0.119. The van der Waals surface area contributed by atoms with Gasteiger partial charge in [-0.15, -0.1) is 11.3 Å². The van der Waals surface area contributed by atoms with Gasteiger partial charge >= 0.3 is 5.97 Å². The van der Waals surface area contributed by atoms with Gasteiger partial charge in [0.15, 0.2) is 0 Å². The van der Waals surface area contributed by atoms with Crippen LogP contribution in [0, 0.1) is 12.3 Å². The lowest BCUT2D eigenvalue weighted by atomic mass is 9.67. The van der Waals surface area contributed by atoms with E-state index in [2.05, 4.69) is 6.92 Å². The second-order valence-electron chi connectivity index (χ2n) is 7.87. The van der Waals surface area contributed by atoms with Crippen LogP contribution < -0.4 is 0 Å². The lowest BCUT2D eigenvalue weighted by molar-refractivity contribution is -0.137. The molecule has 2 N–H and O–H groups in total. The van der Waals surface area contributed by atoms with Gasteiger partial charge in [-0.05, 0) is 50.9 Å². The van der Waals surface area contributed by atoms with Gasteiger partial charge in [0.25, 0.3) is 0 Å². The topological polar surface area (TPSA) is 70.4 Å². The van der Waals surface area contributed by atoms with Crippen molar-refractivity contribution in [3.63, 3.8) is 0 Å². The number of carboxylic acids is 1. The number of nitrogens with zero attached hydrogens (tertiary/aromatic N) is 1. The Morgan fingerprint density at radius 2 is 1.85 bits per heavy atom. The van der Waals surface area contributed by atoms with Gasteiger partial charge in [-0.1, -0.05) is 37.3 Å². The molecule has 0 saturated heterocycles. The van der Waals surface area contributed by atoms with Gasteiger partial charge in [-0.3, -0.25) is 4.79 Å². The van der Waals surface area contributed by atoms with Gasteiger partial charge in [0.05, 0.1) is 15.6 Å². The summed E-state index contributed by atoms with van der Waals surface area (Å²) in [7, 11) is 0. The van der Waals surface area contributed by atoms with Crippen LogP contribution in [0.1, 0.15) is 61.8 Å². The van der Waals surface area contributed by atoms with Crippen LogP contribution in [0.25, 0.3) is 11.3 Å². The molecule has 1 aromatic carbocycles. The molecular formula is C21H27NO3S. The maximum absolute atomic E-state index is 11.4. The van der Waals surface area contributed by atoms with E-state index < -0.39 is 11.6 Å². The van der Waals surface area contributed by atoms with Crippen LogP contribution >= 0.6 is 11.3 Å². The summed E-state index contributed by atoms with van der Waals surface area (Å²) in [5.74, 6) is -0.728. The Morgan fingerprint density at radius 1 is 1.19 bits per heavy atom. The Balaban J connectivity index is 1.76. The monoisotopic (exact) mass is 373 g/mol. The van der Waals surface area contributed by atoms with Crippen molar-refractivity contribution in [2.24, 2.45) is 5.41 Å². The number of aryl methyl sites for hydroxylation is 1. The molecule has 5 heteroatoms. The van der Waals surface area contributed by atoms with E-state index in [0.717, 1.165) is 40.4 Å². The number of carboxylic acid groups (broad SMARTS) is 1. The van der Waals surface area contributed by atoms with Crippen LogP contribution in [0.15, 0.2) is 30.3 Å². The fourth-order valence-corrected chi connectivity index (χ4v) is 5.03. The summed E-state index contributed by atoms with van der Waals surface area (Å²) < 4.78 is 0. The van der Waals surface area contributed by atoms with Crippen molar-refractivity contribution in [2.45, 2.75) is 64.4 Å². The van der Waals surface area contributed by atoms with E-state index in [1.165, 1.54) is 0 Å². The molecule has 0 radical (unpaired) electrons. The van der Waals surface area contributed by atoms with Crippen LogP contribution in [0.5, 0.6) is 0 Å². The molecule has 1 saturated carbocycles. The fourth-order valence-electron chi connectivity index (χ4n) is 3.94. The second-order valence-corrected chi connectivity index (χ2v) is 9.07. The van der Waals surface area contributed by atoms with E-state index in [9.17, 15) is 9.90 Å². The zero-order chi connectivity index (χ0) is 18.8. The number of aliphatic hydroxyl groups is 1. The fraction of sp³-hybridized carbons (Fsp3) is 0.524. The van der Waals surface area contributed by atoms with Crippen molar-refractivity contribution < 1.29 is 15.0 Å². The van der Waals surface area contributed by atoms with E-state index >= 15 is 0 Å². The zero-order valence-electron chi connectivity index (χ0n) is 15.5. The second kappa shape index (κ2) is 7.49. The van der Waals surface area contributed by atoms with Gasteiger partial charge < -0.3 is 10.2 Å². The molecule has 1 aromatic heterocycles. The number of thiazole rings is 1. The Hall–Kier alpha value is -1.72. The summed E-state index contributed by atoms with van der Waals surface area (Å²) in [4.78, 5) is 16.4. The first-order chi connectivity index (χ1) is 12.3. The number of carbonyl (C=O) groups is 1. The van der Waals surface area contributed by atoms with Crippen LogP contribution in [0.4, 0.5) is 0 Å². The van der Waals surface area contributed by atoms with Crippen molar-refractivity contribution in [2.75, 3.05) is 0 Å². The van der Waals surface area contributed by atoms with Gasteiger partial charge in [-0.25, -0.2) is 4.98 Å². The minimum atomic E-state index is -0.830. The first-order valence-electron chi connectivity index (χ1n) is 9.29. The molecule has 0 amide bonds. The molecule has 0 atom stereocenters. The highest BCUT2D eigenvalue weighted by Gasteiger charge is 2.42. The van der Waals surface area contributed by atoms with Crippen molar-refractivity contribution >= 4 is 17.3 Å². The minimum Gasteiger partial charge on any atom is -0.481 e. The van der Waals surface area contributed by atoms with Crippen LogP contribution in [0.2, 0.25) is 0 Å². The van der Waals surface area contributed by atoms with Crippen molar-refractivity contribution in [1.29, 1.82) is 0 Å². The molecule has 1 aliphatic rings. The predicted molar refractivity (Wildman–Crippen MR) is 104 cm³/mol. The van der Waals surface area contributed by atoms with Crippen LogP contribution in [-0.2, 0) is 10.4 Å². The lowest BCUT2D eigenvalue weighted by Crippen LogP contribution is -2.35. The maximum atomic E-state index is 11.4. The predicted octanol–water partition coefficient (Wildman–Crippen LogP) is 5.14. The molecule has 1 fully saturated rings. The Kier molecular flexibility index (Phi) is 5.49. The summed E-state index contributed by atoms with van der Waals surface area (Å²) in [6.07, 6.45) is 5.08. The summed E-state index contributed by atoms with van der Waals surface area (Å²) in [5.41, 5.74) is 1.25. The summed E-state index contributed by atoms with van der Waals surface area (Å²) >= 11 is 1.60. The van der Waals surface area contributed by atoms with E-state index in [-0.39, 0.29) is 11.8 Å². The van der Waals surface area contributed by atoms with E-state index in [0.29, 0.717) is 19.3 Å². The molecule has 140 valence electrons. The summed E-state index contributed by atoms with van der Waals surface area (Å²) in [5, 5.41) is 21.2. The number of hydrogen-bond donors (Lipinski definition) is 2. The molecule has 3 rings (SSSR count). The third kappa shape index (κ3) is 4.15. The molecule has 0 aliphatic heterocycles. The van der Waals surface area contributed by atoms with Gasteiger partial charge in [0, 0.05) is 12.0 Å². The summed E-state index contributed by atoms with van der Waals surface area (Å²) in [6.45, 7) is 4.22. The molecule has 26 heavy (non-hydrogen) atoms. The summed E-state index contributed by atoms with van der Waals surface area (Å²) in [6, 6.07) is 10.1. The van der Waals surface area contributed by atoms with E-state index in [1.807, 2.05) is 37.3 Å². The molecule has 0 spiro atoms. The Bertz CT molecular complexity index is 761. The van der Waals surface area contributed by atoms with E-state index in [4.69, 9.17) is 10.1 Å². The van der Waals surface area contributed by atoms with Gasteiger partial charge in [0.1, 0.15) is 5.60 Å². The molecular weight excluding hydrogens is 346 g/mol. The first-order valence-corrected chi connectivity index (χ1v) is 10.1. The molecule has 4 nitrogen and oxygen atoms in total. The highest BCUT2D eigenvalue weighted by atomic mass is 32.1. The third-order valence-corrected chi connectivity index (χ3v) is 6.82. The number of aromatic nitrogens is 1. The number of hydrogen-bond acceptors (Lipinski definition) is 4. The van der Waals surface area contributed by atoms with Gasteiger partial charge in [-0.2, -0.15) is 0 Å². The number of aliphatic carboxylic acids is 1. The number of rotatable bonds is 6. The molecule has 1 aliphatic carbocycles. The Labute approximate surface area is 158 Å². The van der Waals surface area contributed by atoms with Gasteiger partial charge in [0.2, 0.25) is 0 Å². The normalized spacial score (nSPS) is 26.0. The molecule has 2 aromatic rings. The lowest BCUT2D eigenvalue weighted by Gasteiger charge is -2.42. The first kappa shape index (κ1) is 19.1. The number of benzene rings is 1. The quantitative estimate of drug-likeness (QED) is 0.735. The largest absolute Gasteiger partial charge is 0.481 e. The van der Waals surface area contributed by atoms with E-state index in [1.54, 1.807) is 11.3 Å². The van der Waals surface area contributed by atoms with Crippen molar-refractivity contribution in [3.05, 3.63) is 40.2 Å². The average Bonchev–Trinajstić information content (AvgIpc) is 3.01. The highest BCUT2D eigenvalue weighted by Crippen LogP contribution is 2.50. The SMILES string of the molecule is Cc1nc(-c2ccccc2)c(C2(O)CCC(C)(CCCC(=O)O)CC2)s1. The third-order valence-electron chi connectivity index (χ3n) is 5.66. The van der Waals surface area contributed by atoms with Crippen LogP contribution in [-0.4, -0.2) is 21.2 Å². The standard InChI is InChI=1S/C21H27NO3S/c1-15-22-18(16-7-4-3-5-8-16)19(26-15)21(25)13-11-20(2,12-14-21)10-6-9-17(23)24/h3-5,7-8,25H,6,9-14H2,1-2H3,(H,23,24). The zero-order valence-corrected chi connectivity index (χ0v) is 16.3. The molecule has 1 heterocycles.